The summed E-state index contributed by atoms with van der Waals surface area (Å²) >= 11 is 0. The van der Waals surface area contributed by atoms with E-state index in [0.717, 1.165) is 11.1 Å². The van der Waals surface area contributed by atoms with Crippen LogP contribution in [0.15, 0.2) is 29.8 Å². The molecule has 0 bridgehead atoms. The molecule has 1 aromatic rings. The fraction of sp³-hybridized carbons (Fsp3) is 0.182. The molecular formula is C11H12O3. The van der Waals surface area contributed by atoms with Gasteiger partial charge >= 0.3 is 5.97 Å². The average molecular weight is 192 g/mol. The molecule has 0 radical (unpaired) electrons. The van der Waals surface area contributed by atoms with Crippen LogP contribution in [-0.2, 0) is 11.4 Å². The van der Waals surface area contributed by atoms with Gasteiger partial charge in [-0.25, -0.2) is 4.79 Å². The highest BCUT2D eigenvalue weighted by Gasteiger charge is 1.99. The van der Waals surface area contributed by atoms with E-state index in [9.17, 15) is 4.79 Å². The molecule has 14 heavy (non-hydrogen) atoms. The molecule has 0 spiro atoms. The zero-order valence-corrected chi connectivity index (χ0v) is 7.90. The molecule has 1 aromatic carbocycles. The Bertz CT molecular complexity index is 367. The van der Waals surface area contributed by atoms with Crippen LogP contribution in [-0.4, -0.2) is 16.2 Å². The van der Waals surface area contributed by atoms with E-state index in [4.69, 9.17) is 10.2 Å². The second kappa shape index (κ2) is 4.58. The molecule has 0 amide bonds. The quantitative estimate of drug-likeness (QED) is 0.716. The summed E-state index contributed by atoms with van der Waals surface area (Å²) in [6.07, 6.45) is 1.57. The molecular weight excluding hydrogens is 180 g/mol. The molecule has 0 fully saturated rings. The predicted octanol–water partition coefficient (Wildman–Crippen LogP) is 1.67. The first kappa shape index (κ1) is 10.5. The monoisotopic (exact) mass is 192 g/mol. The largest absolute Gasteiger partial charge is 0.478 e. The maximum Gasteiger partial charge on any atom is 0.331 e. The lowest BCUT2D eigenvalue weighted by atomic mass is 10.1. The van der Waals surface area contributed by atoms with Crippen LogP contribution in [0.25, 0.3) is 6.08 Å². The number of aliphatic carboxylic acids is 1. The molecule has 0 aliphatic rings. The third-order valence-corrected chi connectivity index (χ3v) is 1.85. The molecule has 0 atom stereocenters. The van der Waals surface area contributed by atoms with Crippen LogP contribution < -0.4 is 0 Å². The van der Waals surface area contributed by atoms with Gasteiger partial charge in [0.25, 0.3) is 0 Å². The number of hydrogen-bond acceptors (Lipinski definition) is 2. The van der Waals surface area contributed by atoms with Crippen LogP contribution in [0.5, 0.6) is 0 Å². The van der Waals surface area contributed by atoms with Gasteiger partial charge < -0.3 is 10.2 Å². The van der Waals surface area contributed by atoms with Gasteiger partial charge in [0, 0.05) is 5.57 Å². The summed E-state index contributed by atoms with van der Waals surface area (Å²) in [5, 5.41) is 17.5. The predicted molar refractivity (Wildman–Crippen MR) is 53.7 cm³/mol. The molecule has 1 rings (SSSR count). The molecule has 0 unspecified atom stereocenters. The van der Waals surface area contributed by atoms with E-state index in [1.54, 1.807) is 30.3 Å². The van der Waals surface area contributed by atoms with E-state index in [2.05, 4.69) is 0 Å². The number of hydrogen-bond donors (Lipinski definition) is 2. The standard InChI is InChI=1S/C11H12O3/c1-8(11(13)14)5-9-3-2-4-10(6-9)7-12/h2-6,12H,7H2,1H3,(H,13,14)/b8-5+. The lowest BCUT2D eigenvalue weighted by molar-refractivity contribution is -0.132. The van der Waals surface area contributed by atoms with Gasteiger partial charge in [-0.3, -0.25) is 0 Å². The lowest BCUT2D eigenvalue weighted by Gasteiger charge is -1.99. The number of rotatable bonds is 3. The molecule has 0 saturated heterocycles. The van der Waals surface area contributed by atoms with E-state index in [0.29, 0.717) is 0 Å². The van der Waals surface area contributed by atoms with Crippen molar-refractivity contribution in [2.75, 3.05) is 0 Å². The Hall–Kier alpha value is -1.61. The maximum absolute atomic E-state index is 10.5. The van der Waals surface area contributed by atoms with Crippen molar-refractivity contribution in [2.45, 2.75) is 13.5 Å². The minimum Gasteiger partial charge on any atom is -0.478 e. The summed E-state index contributed by atoms with van der Waals surface area (Å²) in [6, 6.07) is 7.12. The summed E-state index contributed by atoms with van der Waals surface area (Å²) in [5.41, 5.74) is 1.84. The third-order valence-electron chi connectivity index (χ3n) is 1.85. The van der Waals surface area contributed by atoms with Gasteiger partial charge in [0.15, 0.2) is 0 Å². The third kappa shape index (κ3) is 2.71. The highest BCUT2D eigenvalue weighted by atomic mass is 16.4. The number of benzene rings is 1. The van der Waals surface area contributed by atoms with Crippen LogP contribution in [0.3, 0.4) is 0 Å². The minimum atomic E-state index is -0.931. The van der Waals surface area contributed by atoms with E-state index >= 15 is 0 Å². The van der Waals surface area contributed by atoms with Crippen molar-refractivity contribution in [1.29, 1.82) is 0 Å². The maximum atomic E-state index is 10.5. The fourth-order valence-corrected chi connectivity index (χ4v) is 1.09. The molecule has 0 aliphatic carbocycles. The number of carbonyl (C=O) groups is 1. The first-order chi connectivity index (χ1) is 6.63. The molecule has 2 N–H and O–H groups in total. The van der Waals surface area contributed by atoms with E-state index in [1.807, 2.05) is 0 Å². The SMILES string of the molecule is C/C(=C\c1cccc(CO)c1)C(=O)O. The van der Waals surface area contributed by atoms with Gasteiger partial charge in [0.1, 0.15) is 0 Å². The Labute approximate surface area is 82.3 Å². The highest BCUT2D eigenvalue weighted by Crippen LogP contribution is 2.09. The molecule has 74 valence electrons. The van der Waals surface area contributed by atoms with E-state index in [-0.39, 0.29) is 12.2 Å². The zero-order valence-electron chi connectivity index (χ0n) is 7.90. The summed E-state index contributed by atoms with van der Waals surface area (Å²) in [7, 11) is 0. The summed E-state index contributed by atoms with van der Waals surface area (Å²) in [5.74, 6) is -0.931. The summed E-state index contributed by atoms with van der Waals surface area (Å²) in [6.45, 7) is 1.50. The Morgan fingerprint density at radius 2 is 2.21 bits per heavy atom. The van der Waals surface area contributed by atoms with Crippen molar-refractivity contribution in [2.24, 2.45) is 0 Å². The molecule has 3 nitrogen and oxygen atoms in total. The lowest BCUT2D eigenvalue weighted by Crippen LogP contribution is -1.95. The summed E-state index contributed by atoms with van der Waals surface area (Å²) in [4.78, 5) is 10.5. The van der Waals surface area contributed by atoms with Gasteiger partial charge in [-0.15, -0.1) is 0 Å². The molecule has 0 aromatic heterocycles. The van der Waals surface area contributed by atoms with Gasteiger partial charge in [-0.05, 0) is 30.2 Å². The van der Waals surface area contributed by atoms with Crippen LogP contribution in [0.2, 0.25) is 0 Å². The Morgan fingerprint density at radius 1 is 1.50 bits per heavy atom. The van der Waals surface area contributed by atoms with Gasteiger partial charge in [0.2, 0.25) is 0 Å². The van der Waals surface area contributed by atoms with Crippen LogP contribution in [0, 0.1) is 0 Å². The zero-order chi connectivity index (χ0) is 10.6. The number of carboxylic acid groups (broad SMARTS) is 1. The van der Waals surface area contributed by atoms with Crippen LogP contribution in [0.1, 0.15) is 18.1 Å². The Kier molecular flexibility index (Phi) is 3.42. The topological polar surface area (TPSA) is 57.5 Å². The van der Waals surface area contributed by atoms with Gasteiger partial charge in [0.05, 0.1) is 6.61 Å². The fourth-order valence-electron chi connectivity index (χ4n) is 1.09. The van der Waals surface area contributed by atoms with E-state index < -0.39 is 5.97 Å². The van der Waals surface area contributed by atoms with Crippen molar-refractivity contribution in [3.8, 4) is 0 Å². The number of aliphatic hydroxyl groups is 1. The molecule has 0 saturated carbocycles. The second-order valence-electron chi connectivity index (χ2n) is 3.04. The number of carboxylic acids is 1. The average Bonchev–Trinajstić information content (AvgIpc) is 2.18. The first-order valence-electron chi connectivity index (χ1n) is 4.25. The minimum absolute atomic E-state index is 0.0339. The highest BCUT2D eigenvalue weighted by molar-refractivity contribution is 5.91. The van der Waals surface area contributed by atoms with Crippen molar-refractivity contribution in [3.63, 3.8) is 0 Å². The summed E-state index contributed by atoms with van der Waals surface area (Å²) < 4.78 is 0. The molecule has 3 heteroatoms. The second-order valence-corrected chi connectivity index (χ2v) is 3.04. The molecule has 0 aliphatic heterocycles. The normalized spacial score (nSPS) is 11.4. The van der Waals surface area contributed by atoms with E-state index in [1.165, 1.54) is 6.92 Å². The van der Waals surface area contributed by atoms with Crippen LogP contribution in [0.4, 0.5) is 0 Å². The number of aliphatic hydroxyl groups excluding tert-OH is 1. The van der Waals surface area contributed by atoms with Crippen molar-refractivity contribution >= 4 is 12.0 Å². The Morgan fingerprint density at radius 3 is 2.79 bits per heavy atom. The van der Waals surface area contributed by atoms with Crippen molar-refractivity contribution < 1.29 is 15.0 Å². The van der Waals surface area contributed by atoms with Gasteiger partial charge in [-0.2, -0.15) is 0 Å². The van der Waals surface area contributed by atoms with Crippen molar-refractivity contribution in [3.05, 3.63) is 41.0 Å². The Balaban J connectivity index is 2.97. The smallest absolute Gasteiger partial charge is 0.331 e. The van der Waals surface area contributed by atoms with Gasteiger partial charge in [-0.1, -0.05) is 18.2 Å². The first-order valence-corrected chi connectivity index (χ1v) is 4.25. The molecule has 0 heterocycles. The van der Waals surface area contributed by atoms with Crippen molar-refractivity contribution in [1.82, 2.24) is 0 Å². The van der Waals surface area contributed by atoms with Crippen LogP contribution >= 0.6 is 0 Å².